The van der Waals surface area contributed by atoms with Crippen LogP contribution in [0, 0.1) is 0 Å². The van der Waals surface area contributed by atoms with E-state index in [0.717, 1.165) is 35.1 Å². The van der Waals surface area contributed by atoms with Gasteiger partial charge in [0.1, 0.15) is 6.61 Å². The highest BCUT2D eigenvalue weighted by atomic mass is 16.6. The van der Waals surface area contributed by atoms with Gasteiger partial charge in [-0.15, -0.1) is 0 Å². The number of rotatable bonds is 6. The summed E-state index contributed by atoms with van der Waals surface area (Å²) >= 11 is 0. The van der Waals surface area contributed by atoms with Crippen molar-refractivity contribution in [1.82, 2.24) is 15.2 Å². The molecule has 1 atom stereocenters. The number of benzene rings is 2. The highest BCUT2D eigenvalue weighted by molar-refractivity contribution is 6.00. The van der Waals surface area contributed by atoms with Gasteiger partial charge in [0, 0.05) is 18.5 Å². The van der Waals surface area contributed by atoms with E-state index >= 15 is 0 Å². The number of carbonyl (C=O) groups excluding carboxylic acids is 2. The molecule has 0 radical (unpaired) electrons. The molecule has 2 heterocycles. The van der Waals surface area contributed by atoms with Crippen LogP contribution in [0.1, 0.15) is 53.2 Å². The van der Waals surface area contributed by atoms with Crippen molar-refractivity contribution in [3.8, 4) is 11.1 Å². The number of piperidine rings is 1. The van der Waals surface area contributed by atoms with Crippen LogP contribution in [0.5, 0.6) is 0 Å². The van der Waals surface area contributed by atoms with Crippen LogP contribution >= 0.6 is 0 Å². The molecule has 0 saturated carbocycles. The van der Waals surface area contributed by atoms with E-state index in [9.17, 15) is 19.5 Å². The largest absolute Gasteiger partial charge is 0.481 e. The minimum atomic E-state index is -0.982. The molecular formula is C25H24N4O6. The Kier molecular flexibility index (Phi) is 6.17. The molecule has 2 N–H and O–H groups in total. The second-order valence-corrected chi connectivity index (χ2v) is 8.66. The van der Waals surface area contributed by atoms with Crippen LogP contribution in [0.3, 0.4) is 0 Å². The van der Waals surface area contributed by atoms with Crippen molar-refractivity contribution < 1.29 is 28.9 Å². The zero-order valence-corrected chi connectivity index (χ0v) is 18.8. The van der Waals surface area contributed by atoms with Gasteiger partial charge < -0.3 is 14.7 Å². The minimum Gasteiger partial charge on any atom is -0.481 e. The van der Waals surface area contributed by atoms with Crippen molar-refractivity contribution in [3.63, 3.8) is 0 Å². The topological polar surface area (TPSA) is 135 Å². The Morgan fingerprint density at radius 2 is 1.71 bits per heavy atom. The molecule has 180 valence electrons. The number of hydrogen-bond acceptors (Lipinski definition) is 7. The molecule has 0 spiro atoms. The van der Waals surface area contributed by atoms with E-state index in [0.29, 0.717) is 13.0 Å². The number of aliphatic carboxylic acids is 1. The quantitative estimate of drug-likeness (QED) is 0.547. The molecule has 0 unspecified atom stereocenters. The maximum absolute atomic E-state index is 13.1. The number of ether oxygens (including phenoxy) is 1. The lowest BCUT2D eigenvalue weighted by Crippen LogP contribution is -2.45. The van der Waals surface area contributed by atoms with Crippen molar-refractivity contribution in [3.05, 3.63) is 65.4 Å². The summed E-state index contributed by atoms with van der Waals surface area (Å²) in [5.41, 5.74) is 4.20. The average molecular weight is 476 g/mol. The number of amides is 2. The molecule has 0 bridgehead atoms. The number of nitrogens with one attached hydrogen (secondary N) is 1. The lowest BCUT2D eigenvalue weighted by Gasteiger charge is -2.34. The van der Waals surface area contributed by atoms with Crippen LogP contribution in [0.25, 0.3) is 11.1 Å². The summed E-state index contributed by atoms with van der Waals surface area (Å²) in [6.07, 6.45) is 1.22. The summed E-state index contributed by atoms with van der Waals surface area (Å²) in [6, 6.07) is 15.5. The monoisotopic (exact) mass is 476 g/mol. The molecule has 1 aliphatic carbocycles. The van der Waals surface area contributed by atoms with Crippen molar-refractivity contribution in [2.45, 2.75) is 37.6 Å². The molecule has 3 aromatic rings. The van der Waals surface area contributed by atoms with Gasteiger partial charge in [0.15, 0.2) is 0 Å². The van der Waals surface area contributed by atoms with E-state index in [1.807, 2.05) is 48.5 Å². The molecule has 10 heteroatoms. The lowest BCUT2D eigenvalue weighted by atomic mass is 9.98. The van der Waals surface area contributed by atoms with E-state index in [2.05, 4.69) is 15.6 Å². The molecular weight excluding hydrogens is 452 g/mol. The van der Waals surface area contributed by atoms with Crippen molar-refractivity contribution in [1.29, 1.82) is 0 Å². The number of hydrogen-bond donors (Lipinski definition) is 2. The number of fused-ring (bicyclic) bond motifs is 3. The molecule has 2 amide bonds. The second-order valence-electron chi connectivity index (χ2n) is 8.66. The zero-order valence-electron chi connectivity index (χ0n) is 18.8. The first-order valence-corrected chi connectivity index (χ1v) is 11.5. The number of anilines is 1. The Morgan fingerprint density at radius 3 is 2.40 bits per heavy atom. The minimum absolute atomic E-state index is 0.0984. The third kappa shape index (κ3) is 4.46. The third-order valence-corrected chi connectivity index (χ3v) is 6.55. The zero-order chi connectivity index (χ0) is 24.4. The molecule has 2 aromatic carbocycles. The van der Waals surface area contributed by atoms with Gasteiger partial charge in [-0.25, -0.2) is 9.42 Å². The summed E-state index contributed by atoms with van der Waals surface area (Å²) in [5, 5.41) is 18.9. The molecule has 1 fully saturated rings. The smallest absolute Gasteiger partial charge is 0.412 e. The SMILES string of the molecule is O=C(O)C[C@H]1CCCCN1C(=O)c1nonc1NC(=O)OCC1c2ccccc2-c2ccccc21. The van der Waals surface area contributed by atoms with Crippen LogP contribution in [0.2, 0.25) is 0 Å². The molecule has 1 saturated heterocycles. The second kappa shape index (κ2) is 9.57. The van der Waals surface area contributed by atoms with Gasteiger partial charge in [-0.05, 0) is 51.8 Å². The first-order chi connectivity index (χ1) is 17.0. The summed E-state index contributed by atoms with van der Waals surface area (Å²) in [6.45, 7) is 0.495. The maximum Gasteiger partial charge on any atom is 0.412 e. The standard InChI is InChI=1S/C25H24N4O6/c30-21(31)13-15-7-5-6-12-29(15)24(32)22-23(28-35-27-22)26-25(33)34-14-20-18-10-3-1-8-16(18)17-9-2-4-11-19(17)20/h1-4,8-11,15,20H,5-7,12-14H2,(H,30,31)(H,26,28,33)/t15-/m1/s1. The average Bonchev–Trinajstić information content (AvgIpc) is 3.45. The van der Waals surface area contributed by atoms with Crippen LogP contribution in [0.15, 0.2) is 53.2 Å². The van der Waals surface area contributed by atoms with Gasteiger partial charge in [0.2, 0.25) is 11.5 Å². The molecule has 5 rings (SSSR count). The van der Waals surface area contributed by atoms with Crippen LogP contribution in [0.4, 0.5) is 10.6 Å². The molecule has 10 nitrogen and oxygen atoms in total. The van der Waals surface area contributed by atoms with Crippen LogP contribution in [-0.4, -0.2) is 57.5 Å². The number of likely N-dealkylation sites (tertiary alicyclic amines) is 1. The Balaban J connectivity index is 1.26. The fraction of sp³-hybridized carbons (Fsp3) is 0.320. The van der Waals surface area contributed by atoms with E-state index in [-0.39, 0.29) is 30.5 Å². The fourth-order valence-corrected chi connectivity index (χ4v) is 4.96. The molecule has 1 aliphatic heterocycles. The van der Waals surface area contributed by atoms with Crippen molar-refractivity contribution >= 4 is 23.8 Å². The summed E-state index contributed by atoms with van der Waals surface area (Å²) in [5.74, 6) is -1.79. The van der Waals surface area contributed by atoms with Gasteiger partial charge in [-0.1, -0.05) is 48.5 Å². The van der Waals surface area contributed by atoms with E-state index in [1.165, 1.54) is 4.90 Å². The Bertz CT molecular complexity index is 1230. The van der Waals surface area contributed by atoms with Crippen molar-refractivity contribution in [2.75, 3.05) is 18.5 Å². The summed E-state index contributed by atoms with van der Waals surface area (Å²) in [7, 11) is 0. The first kappa shape index (κ1) is 22.6. The van der Waals surface area contributed by atoms with Gasteiger partial charge in [0.25, 0.3) is 5.91 Å². The van der Waals surface area contributed by atoms with Gasteiger partial charge in [-0.3, -0.25) is 14.9 Å². The number of aromatic nitrogens is 2. The number of carboxylic acid groups (broad SMARTS) is 1. The van der Waals surface area contributed by atoms with Crippen LogP contribution < -0.4 is 5.32 Å². The fourth-order valence-electron chi connectivity index (χ4n) is 4.96. The molecule has 35 heavy (non-hydrogen) atoms. The predicted octanol–water partition coefficient (Wildman–Crippen LogP) is 3.90. The van der Waals surface area contributed by atoms with E-state index in [4.69, 9.17) is 9.37 Å². The Morgan fingerprint density at radius 1 is 1.03 bits per heavy atom. The number of nitrogens with zero attached hydrogens (tertiary/aromatic N) is 3. The van der Waals surface area contributed by atoms with Crippen LogP contribution in [-0.2, 0) is 9.53 Å². The van der Waals surface area contributed by atoms with Gasteiger partial charge in [-0.2, -0.15) is 0 Å². The van der Waals surface area contributed by atoms with Gasteiger partial charge >= 0.3 is 12.1 Å². The highest BCUT2D eigenvalue weighted by Gasteiger charge is 2.34. The lowest BCUT2D eigenvalue weighted by molar-refractivity contribution is -0.138. The van der Waals surface area contributed by atoms with Crippen molar-refractivity contribution in [2.24, 2.45) is 0 Å². The predicted molar refractivity (Wildman–Crippen MR) is 124 cm³/mol. The van der Waals surface area contributed by atoms with Gasteiger partial charge in [0.05, 0.1) is 6.42 Å². The van der Waals surface area contributed by atoms with E-state index < -0.39 is 24.0 Å². The summed E-state index contributed by atoms with van der Waals surface area (Å²) < 4.78 is 10.2. The molecule has 1 aromatic heterocycles. The summed E-state index contributed by atoms with van der Waals surface area (Å²) in [4.78, 5) is 38.4. The third-order valence-electron chi connectivity index (χ3n) is 6.55. The first-order valence-electron chi connectivity index (χ1n) is 11.5. The maximum atomic E-state index is 13.1. The number of carbonyl (C=O) groups is 3. The normalized spacial score (nSPS) is 16.9. The Labute approximate surface area is 200 Å². The highest BCUT2D eigenvalue weighted by Crippen LogP contribution is 2.44. The number of carboxylic acids is 1. The molecule has 2 aliphatic rings. The van der Waals surface area contributed by atoms with E-state index in [1.54, 1.807) is 0 Å². The Hall–Kier alpha value is -4.21.